The highest BCUT2D eigenvalue weighted by Crippen LogP contribution is 2.59. The van der Waals surface area contributed by atoms with Crippen molar-refractivity contribution in [1.29, 1.82) is 0 Å². The van der Waals surface area contributed by atoms with Crippen molar-refractivity contribution in [2.75, 3.05) is 18.1 Å². The second-order valence-electron chi connectivity index (χ2n) is 11.6. The van der Waals surface area contributed by atoms with Gasteiger partial charge in [0.15, 0.2) is 5.82 Å². The largest absolute Gasteiger partial charge is 0.477 e. The van der Waals surface area contributed by atoms with E-state index >= 15 is 0 Å². The van der Waals surface area contributed by atoms with Gasteiger partial charge in [0.25, 0.3) is 0 Å². The van der Waals surface area contributed by atoms with Crippen molar-refractivity contribution in [1.82, 2.24) is 19.4 Å². The highest BCUT2D eigenvalue weighted by Gasteiger charge is 2.62. The summed E-state index contributed by atoms with van der Waals surface area (Å²) in [6, 6.07) is 12.5. The summed E-state index contributed by atoms with van der Waals surface area (Å²) in [7, 11) is -5.60. The van der Waals surface area contributed by atoms with Gasteiger partial charge in [-0.1, -0.05) is 31.2 Å². The molecule has 0 bridgehead atoms. The fourth-order valence-corrected chi connectivity index (χ4v) is 6.61. The molecule has 0 amide bonds. The number of hydrogen-bond donors (Lipinski definition) is 2. The molecule has 1 atom stereocenters. The van der Waals surface area contributed by atoms with E-state index in [-0.39, 0.29) is 47.6 Å². The van der Waals surface area contributed by atoms with E-state index in [4.69, 9.17) is 9.72 Å². The lowest BCUT2D eigenvalue weighted by Crippen LogP contribution is -2.52. The van der Waals surface area contributed by atoms with Crippen LogP contribution in [0.5, 0.6) is 5.88 Å². The van der Waals surface area contributed by atoms with E-state index < -0.39 is 28.7 Å². The first-order valence-corrected chi connectivity index (χ1v) is 15.0. The molecule has 1 saturated heterocycles. The Morgan fingerprint density at radius 2 is 1.85 bits per heavy atom. The van der Waals surface area contributed by atoms with Crippen LogP contribution in [0, 0.1) is 11.3 Å². The van der Waals surface area contributed by atoms with Crippen molar-refractivity contribution in [3.8, 4) is 11.7 Å². The van der Waals surface area contributed by atoms with Crippen LogP contribution in [0.1, 0.15) is 46.5 Å². The average molecular weight is 591 g/mol. The molecular weight excluding hydrogens is 558 g/mol. The molecule has 1 saturated carbocycles. The van der Waals surface area contributed by atoms with E-state index in [2.05, 4.69) is 30.5 Å². The van der Waals surface area contributed by atoms with Crippen LogP contribution in [0.25, 0.3) is 5.82 Å². The molecule has 2 aliphatic rings. The van der Waals surface area contributed by atoms with E-state index in [0.29, 0.717) is 24.1 Å². The molecule has 9 nitrogen and oxygen atoms in total. The topological polar surface area (TPSA) is 110 Å². The maximum absolute atomic E-state index is 13.2. The van der Waals surface area contributed by atoms with Crippen molar-refractivity contribution in [3.05, 3.63) is 54.7 Å². The van der Waals surface area contributed by atoms with Crippen LogP contribution in [0.15, 0.2) is 59.6 Å². The number of rotatable bonds is 10. The number of ether oxygens (including phenoxy) is 1. The monoisotopic (exact) mass is 591 g/mol. The van der Waals surface area contributed by atoms with Crippen molar-refractivity contribution in [3.63, 3.8) is 0 Å². The van der Waals surface area contributed by atoms with Gasteiger partial charge in [-0.25, -0.2) is 22.7 Å². The van der Waals surface area contributed by atoms with E-state index in [1.54, 1.807) is 42.6 Å². The van der Waals surface area contributed by atoms with Crippen LogP contribution in [0.2, 0.25) is 0 Å². The van der Waals surface area contributed by atoms with Crippen molar-refractivity contribution in [2.45, 2.75) is 63.1 Å². The Balaban J connectivity index is 1.40. The third-order valence-electron chi connectivity index (χ3n) is 7.92. The molecule has 41 heavy (non-hydrogen) atoms. The summed E-state index contributed by atoms with van der Waals surface area (Å²) in [4.78, 5) is 6.85. The Morgan fingerprint density at radius 1 is 1.15 bits per heavy atom. The molecule has 3 heterocycles. The highest BCUT2D eigenvalue weighted by molar-refractivity contribution is 7.90. The number of halogens is 3. The fraction of sp³-hybridized carbons (Fsp3) is 0.481. The van der Waals surface area contributed by atoms with Gasteiger partial charge >= 0.3 is 13.2 Å². The number of aromatic nitrogens is 3. The zero-order chi connectivity index (χ0) is 29.6. The predicted molar refractivity (Wildman–Crippen MR) is 149 cm³/mol. The molecule has 5 rings (SSSR count). The molecule has 220 valence electrons. The SMILES string of the molecule is C[C@@H]1CN(c2nc(-n3ccc(OCCC4(C(F)(F)F)CC4)n3)ccc2B(O)NS(=O)(=O)c2ccccc2)C(C)(C)C1. The minimum absolute atomic E-state index is 0.0206. The lowest BCUT2D eigenvalue weighted by atomic mass is 9.75. The molecule has 1 aliphatic carbocycles. The van der Waals surface area contributed by atoms with Gasteiger partial charge in [0.1, 0.15) is 5.82 Å². The van der Waals surface area contributed by atoms with E-state index in [0.717, 1.165) is 6.42 Å². The third kappa shape index (κ3) is 6.09. The lowest BCUT2D eigenvalue weighted by molar-refractivity contribution is -0.190. The molecule has 14 heteroatoms. The Bertz CT molecular complexity index is 1500. The third-order valence-corrected chi connectivity index (χ3v) is 9.35. The summed E-state index contributed by atoms with van der Waals surface area (Å²) in [5.74, 6) is 1.28. The number of sulfonamides is 1. The first-order chi connectivity index (χ1) is 19.2. The summed E-state index contributed by atoms with van der Waals surface area (Å²) >= 11 is 0. The Morgan fingerprint density at radius 3 is 2.46 bits per heavy atom. The second-order valence-corrected chi connectivity index (χ2v) is 13.3. The summed E-state index contributed by atoms with van der Waals surface area (Å²) in [5.41, 5.74) is -1.70. The summed E-state index contributed by atoms with van der Waals surface area (Å²) in [5, 5.41) is 15.4. The normalized spacial score (nSPS) is 19.8. The van der Waals surface area contributed by atoms with Gasteiger partial charge in [-0.3, -0.25) is 0 Å². The quantitative estimate of drug-likeness (QED) is 0.347. The summed E-state index contributed by atoms with van der Waals surface area (Å²) in [6.07, 6.45) is -1.68. The van der Waals surface area contributed by atoms with Gasteiger partial charge in [-0.05, 0) is 63.6 Å². The lowest BCUT2D eigenvalue weighted by Gasteiger charge is -2.34. The Kier molecular flexibility index (Phi) is 7.62. The summed E-state index contributed by atoms with van der Waals surface area (Å²) < 4.78 is 74.8. The van der Waals surface area contributed by atoms with Crippen molar-refractivity contribution in [2.24, 2.45) is 11.3 Å². The average Bonchev–Trinajstić information content (AvgIpc) is 3.47. The smallest absolute Gasteiger partial charge is 0.431 e. The van der Waals surface area contributed by atoms with Crippen molar-refractivity contribution < 1.29 is 31.3 Å². The van der Waals surface area contributed by atoms with Gasteiger partial charge in [-0.15, -0.1) is 5.10 Å². The van der Waals surface area contributed by atoms with Crippen LogP contribution < -0.4 is 19.7 Å². The molecule has 1 aromatic carbocycles. The highest BCUT2D eigenvalue weighted by atomic mass is 32.2. The molecule has 0 spiro atoms. The second kappa shape index (κ2) is 10.6. The first kappa shape index (κ1) is 29.4. The standard InChI is InChI=1S/C27H33BF3N5O4S/c1-19-17-25(2,3)35(18-19)24-21(28(37)34-41(38,39)20-7-5-4-6-8-20)9-10-22(32-24)36-15-11-23(33-36)40-16-14-26(12-13-26)27(29,30)31/h4-11,15,19,34,37H,12-14,16-18H2,1-3H3/t19-/m0/s1. The molecule has 3 aromatic rings. The zero-order valence-electron chi connectivity index (χ0n) is 23.1. The van der Waals surface area contributed by atoms with E-state index in [1.807, 2.05) is 4.90 Å². The number of alkyl halides is 3. The van der Waals surface area contributed by atoms with Crippen LogP contribution in [0.4, 0.5) is 19.0 Å². The fourth-order valence-electron chi connectivity index (χ4n) is 5.53. The van der Waals surface area contributed by atoms with Crippen molar-refractivity contribution >= 4 is 28.4 Å². The van der Waals surface area contributed by atoms with E-state index in [1.165, 1.54) is 16.8 Å². The molecule has 2 fully saturated rings. The number of benzene rings is 1. The minimum atomic E-state index is -4.24. The molecule has 2 aromatic heterocycles. The number of hydrogen-bond acceptors (Lipinski definition) is 7. The van der Waals surface area contributed by atoms with Crippen LogP contribution in [0.3, 0.4) is 0 Å². The molecule has 2 N–H and O–H groups in total. The Hall–Kier alpha value is -3.10. The Labute approximate surface area is 237 Å². The molecule has 0 radical (unpaired) electrons. The zero-order valence-corrected chi connectivity index (χ0v) is 23.9. The van der Waals surface area contributed by atoms with Gasteiger partial charge < -0.3 is 14.7 Å². The molecular formula is C27H33BF3N5O4S. The van der Waals surface area contributed by atoms with Crippen LogP contribution in [-0.2, 0) is 10.0 Å². The summed E-state index contributed by atoms with van der Waals surface area (Å²) in [6.45, 7) is 6.76. The predicted octanol–water partition coefficient (Wildman–Crippen LogP) is 3.67. The number of pyridine rings is 1. The van der Waals surface area contributed by atoms with Crippen LogP contribution in [-0.4, -0.2) is 60.1 Å². The maximum Gasteiger partial charge on any atom is 0.431 e. The number of anilines is 1. The molecule has 0 unspecified atom stereocenters. The van der Waals surface area contributed by atoms with E-state index in [9.17, 15) is 26.6 Å². The minimum Gasteiger partial charge on any atom is -0.477 e. The maximum atomic E-state index is 13.2. The molecule has 1 aliphatic heterocycles. The van der Waals surface area contributed by atoms with Gasteiger partial charge in [-0.2, -0.15) is 13.2 Å². The number of nitrogens with zero attached hydrogens (tertiary/aromatic N) is 4. The van der Waals surface area contributed by atoms with Gasteiger partial charge in [0, 0.05) is 29.8 Å². The number of nitrogens with one attached hydrogen (secondary N) is 1. The van der Waals surface area contributed by atoms with Crippen LogP contribution >= 0.6 is 0 Å². The van der Waals surface area contributed by atoms with Gasteiger partial charge in [0.2, 0.25) is 15.9 Å². The van der Waals surface area contributed by atoms with Gasteiger partial charge in [0.05, 0.1) is 16.9 Å². The first-order valence-electron chi connectivity index (χ1n) is 13.5.